The number of anilines is 1. The van der Waals surface area contributed by atoms with Crippen LogP contribution in [0.3, 0.4) is 0 Å². The number of hydrogen-bond acceptors (Lipinski definition) is 2. The van der Waals surface area contributed by atoms with Crippen molar-refractivity contribution in [2.75, 3.05) is 5.32 Å². The first-order chi connectivity index (χ1) is 8.11. The lowest BCUT2D eigenvalue weighted by Gasteiger charge is -2.05. The summed E-state index contributed by atoms with van der Waals surface area (Å²) in [4.78, 5) is 21.5. The molecule has 1 amide bonds. The lowest BCUT2D eigenvalue weighted by molar-refractivity contribution is -0.139. The van der Waals surface area contributed by atoms with Gasteiger partial charge in [-0.1, -0.05) is 25.5 Å². The summed E-state index contributed by atoms with van der Waals surface area (Å²) in [6, 6.07) is 7.49. The summed E-state index contributed by atoms with van der Waals surface area (Å²) in [5.41, 5.74) is 1.86. The van der Waals surface area contributed by atoms with Crippen LogP contribution in [0.25, 0.3) is 0 Å². The molecule has 0 aliphatic rings. The third-order valence-corrected chi connectivity index (χ3v) is 2.37. The maximum Gasteiger partial charge on any atom is 0.312 e. The zero-order valence-corrected chi connectivity index (χ0v) is 9.90. The van der Waals surface area contributed by atoms with Crippen LogP contribution in [-0.4, -0.2) is 17.0 Å². The lowest BCUT2D eigenvalue weighted by atomic mass is 10.1. The fourth-order valence-electron chi connectivity index (χ4n) is 1.48. The predicted octanol–water partition coefficient (Wildman–Crippen LogP) is 2.44. The van der Waals surface area contributed by atoms with Crippen LogP contribution in [0.2, 0.25) is 0 Å². The van der Waals surface area contributed by atoms with E-state index >= 15 is 0 Å². The van der Waals surface area contributed by atoms with E-state index in [0.29, 0.717) is 5.69 Å². The van der Waals surface area contributed by atoms with Crippen LogP contribution in [0.1, 0.15) is 31.7 Å². The Hall–Kier alpha value is -1.84. The van der Waals surface area contributed by atoms with Crippen molar-refractivity contribution < 1.29 is 14.7 Å². The number of amides is 1. The second kappa shape index (κ2) is 6.68. The van der Waals surface area contributed by atoms with Gasteiger partial charge in [-0.05, 0) is 30.5 Å². The minimum atomic E-state index is -1.12. The summed E-state index contributed by atoms with van der Waals surface area (Å²) in [7, 11) is 0. The lowest BCUT2D eigenvalue weighted by Crippen LogP contribution is -2.15. The topological polar surface area (TPSA) is 66.4 Å². The van der Waals surface area contributed by atoms with Crippen LogP contribution in [0.5, 0.6) is 0 Å². The zero-order valence-electron chi connectivity index (χ0n) is 9.90. The summed E-state index contributed by atoms with van der Waals surface area (Å²) in [5.74, 6) is -1.62. The molecule has 0 saturated carbocycles. The number of aryl methyl sites for hydroxylation is 1. The van der Waals surface area contributed by atoms with Crippen LogP contribution < -0.4 is 5.32 Å². The molecule has 0 saturated heterocycles. The smallest absolute Gasteiger partial charge is 0.312 e. The molecular formula is C13H17NO3. The van der Waals surface area contributed by atoms with Crippen LogP contribution in [0.4, 0.5) is 5.69 Å². The highest BCUT2D eigenvalue weighted by Gasteiger charge is 2.07. The highest BCUT2D eigenvalue weighted by Crippen LogP contribution is 2.11. The van der Waals surface area contributed by atoms with Gasteiger partial charge in [0, 0.05) is 5.69 Å². The van der Waals surface area contributed by atoms with Gasteiger partial charge in [0.1, 0.15) is 6.42 Å². The first kappa shape index (κ1) is 13.2. The minimum absolute atomic E-state index is 0.501. The fraction of sp³-hybridized carbons (Fsp3) is 0.385. The van der Waals surface area contributed by atoms with Crippen molar-refractivity contribution in [3.8, 4) is 0 Å². The first-order valence-electron chi connectivity index (χ1n) is 5.72. The van der Waals surface area contributed by atoms with Crippen LogP contribution in [0.15, 0.2) is 24.3 Å². The summed E-state index contributed by atoms with van der Waals surface area (Å²) >= 11 is 0. The normalized spacial score (nSPS) is 9.94. The zero-order chi connectivity index (χ0) is 12.7. The number of benzene rings is 1. The number of carbonyl (C=O) groups excluding carboxylic acids is 1. The van der Waals surface area contributed by atoms with Gasteiger partial charge in [0.05, 0.1) is 0 Å². The third kappa shape index (κ3) is 5.15. The van der Waals surface area contributed by atoms with Crippen molar-refractivity contribution in [3.63, 3.8) is 0 Å². The maximum absolute atomic E-state index is 11.2. The molecule has 17 heavy (non-hydrogen) atoms. The maximum atomic E-state index is 11.2. The molecule has 0 fully saturated rings. The molecule has 92 valence electrons. The van der Waals surface area contributed by atoms with Gasteiger partial charge in [-0.3, -0.25) is 9.59 Å². The molecular weight excluding hydrogens is 218 g/mol. The Morgan fingerprint density at radius 1 is 1.24 bits per heavy atom. The van der Waals surface area contributed by atoms with Crippen molar-refractivity contribution in [2.45, 2.75) is 32.6 Å². The van der Waals surface area contributed by atoms with E-state index in [0.717, 1.165) is 19.3 Å². The van der Waals surface area contributed by atoms with Crippen LogP contribution >= 0.6 is 0 Å². The number of carboxylic acid groups (broad SMARTS) is 1. The van der Waals surface area contributed by atoms with Crippen molar-refractivity contribution in [3.05, 3.63) is 29.8 Å². The van der Waals surface area contributed by atoms with E-state index in [1.807, 2.05) is 12.1 Å². The van der Waals surface area contributed by atoms with Crippen molar-refractivity contribution in [1.29, 1.82) is 0 Å². The number of nitrogens with one attached hydrogen (secondary N) is 1. The predicted molar refractivity (Wildman–Crippen MR) is 65.9 cm³/mol. The molecule has 0 heterocycles. The summed E-state index contributed by atoms with van der Waals surface area (Å²) < 4.78 is 0. The molecule has 4 nitrogen and oxygen atoms in total. The number of aliphatic carboxylic acids is 1. The van der Waals surface area contributed by atoms with Crippen LogP contribution in [0, 0.1) is 0 Å². The number of carboxylic acids is 1. The molecule has 0 spiro atoms. The van der Waals surface area contributed by atoms with Gasteiger partial charge in [-0.15, -0.1) is 0 Å². The van der Waals surface area contributed by atoms with Gasteiger partial charge in [0.25, 0.3) is 0 Å². The Morgan fingerprint density at radius 3 is 2.41 bits per heavy atom. The van der Waals surface area contributed by atoms with Crippen molar-refractivity contribution in [1.82, 2.24) is 0 Å². The average molecular weight is 235 g/mol. The van der Waals surface area contributed by atoms with E-state index in [1.165, 1.54) is 5.56 Å². The highest BCUT2D eigenvalue weighted by molar-refractivity contribution is 6.01. The average Bonchev–Trinajstić information content (AvgIpc) is 2.27. The molecule has 1 aromatic carbocycles. The second-order valence-corrected chi connectivity index (χ2v) is 3.92. The van der Waals surface area contributed by atoms with E-state index in [9.17, 15) is 9.59 Å². The molecule has 0 atom stereocenters. The molecule has 1 rings (SSSR count). The van der Waals surface area contributed by atoms with E-state index in [1.54, 1.807) is 12.1 Å². The van der Waals surface area contributed by atoms with E-state index in [4.69, 9.17) is 5.11 Å². The van der Waals surface area contributed by atoms with Gasteiger partial charge >= 0.3 is 5.97 Å². The van der Waals surface area contributed by atoms with Gasteiger partial charge < -0.3 is 10.4 Å². The Morgan fingerprint density at radius 2 is 1.88 bits per heavy atom. The largest absolute Gasteiger partial charge is 0.481 e. The van der Waals surface area contributed by atoms with Gasteiger partial charge in [0.2, 0.25) is 5.91 Å². The fourth-order valence-corrected chi connectivity index (χ4v) is 1.48. The first-order valence-corrected chi connectivity index (χ1v) is 5.72. The molecule has 1 aromatic rings. The Kier molecular flexibility index (Phi) is 5.20. The number of rotatable bonds is 6. The molecule has 0 aromatic heterocycles. The quantitative estimate of drug-likeness (QED) is 0.744. The summed E-state index contributed by atoms with van der Waals surface area (Å²) in [5, 5.41) is 11.0. The molecule has 2 N–H and O–H groups in total. The molecule has 0 aliphatic heterocycles. The number of carbonyl (C=O) groups is 2. The molecule has 0 radical (unpaired) electrons. The van der Waals surface area contributed by atoms with E-state index in [-0.39, 0.29) is 0 Å². The number of hydrogen-bond donors (Lipinski definition) is 2. The van der Waals surface area contributed by atoms with E-state index in [2.05, 4.69) is 12.2 Å². The van der Waals surface area contributed by atoms with Crippen molar-refractivity contribution >= 4 is 17.6 Å². The van der Waals surface area contributed by atoms with Crippen LogP contribution in [-0.2, 0) is 16.0 Å². The van der Waals surface area contributed by atoms with Gasteiger partial charge in [-0.25, -0.2) is 0 Å². The third-order valence-electron chi connectivity index (χ3n) is 2.37. The van der Waals surface area contributed by atoms with Gasteiger partial charge in [-0.2, -0.15) is 0 Å². The Balaban J connectivity index is 2.50. The van der Waals surface area contributed by atoms with Gasteiger partial charge in [0.15, 0.2) is 0 Å². The number of unbranched alkanes of at least 4 members (excludes halogenated alkanes) is 1. The monoisotopic (exact) mass is 235 g/mol. The SMILES string of the molecule is CCCCc1ccc(NC(=O)CC(=O)O)cc1. The Bertz CT molecular complexity index is 384. The summed E-state index contributed by atoms with van der Waals surface area (Å²) in [6.45, 7) is 2.14. The highest BCUT2D eigenvalue weighted by atomic mass is 16.4. The Labute approximate surface area is 101 Å². The second-order valence-electron chi connectivity index (χ2n) is 3.92. The molecule has 0 bridgehead atoms. The molecule has 0 aliphatic carbocycles. The molecule has 4 heteroatoms. The standard InChI is InChI=1S/C13H17NO3/c1-2-3-4-10-5-7-11(8-6-10)14-12(15)9-13(16)17/h5-8H,2-4,9H2,1H3,(H,14,15)(H,16,17). The minimum Gasteiger partial charge on any atom is -0.481 e. The van der Waals surface area contributed by atoms with Crippen molar-refractivity contribution in [2.24, 2.45) is 0 Å². The summed E-state index contributed by atoms with van der Waals surface area (Å²) in [6.07, 6.45) is 2.82. The molecule has 0 unspecified atom stereocenters. The van der Waals surface area contributed by atoms with E-state index < -0.39 is 18.3 Å².